The Morgan fingerprint density at radius 2 is 1.96 bits per heavy atom. The number of nitriles is 1. The Hall–Kier alpha value is -1.74. The van der Waals surface area contributed by atoms with Gasteiger partial charge in [0, 0.05) is 18.7 Å². The second-order valence-corrected chi connectivity index (χ2v) is 8.98. The maximum atomic E-state index is 11.9. The molecule has 0 radical (unpaired) electrons. The summed E-state index contributed by atoms with van der Waals surface area (Å²) in [6, 6.07) is 8.21. The molecule has 0 amide bonds. The van der Waals surface area contributed by atoms with Gasteiger partial charge in [-0.25, -0.2) is 0 Å². The topological polar surface area (TPSA) is 70.2 Å². The van der Waals surface area contributed by atoms with E-state index in [1.54, 1.807) is 6.07 Å². The van der Waals surface area contributed by atoms with Gasteiger partial charge in [0.1, 0.15) is 5.69 Å². The van der Waals surface area contributed by atoms with Crippen molar-refractivity contribution in [3.8, 4) is 6.07 Å². The summed E-state index contributed by atoms with van der Waals surface area (Å²) in [5, 5.41) is 21.7. The van der Waals surface area contributed by atoms with Crippen molar-refractivity contribution in [2.45, 2.75) is 64.8 Å². The van der Waals surface area contributed by atoms with Crippen LogP contribution in [0.2, 0.25) is 0 Å². The standard InChI is InChI=1S/C21H31N3O2S/c1-5-21(6-2,15-22)17-7-8-19(20(13-17)24(25)26)23(14-16(3)4)18-9-11-27-12-10-18/h7-8,13,16,18H,5-6,9-12,14H2,1-4H3. The number of benzene rings is 1. The molecule has 27 heavy (non-hydrogen) atoms. The highest BCUT2D eigenvalue weighted by Crippen LogP contribution is 2.39. The number of anilines is 1. The van der Waals surface area contributed by atoms with Crippen LogP contribution in [0.4, 0.5) is 11.4 Å². The van der Waals surface area contributed by atoms with E-state index in [2.05, 4.69) is 24.8 Å². The van der Waals surface area contributed by atoms with E-state index in [0.29, 0.717) is 30.5 Å². The van der Waals surface area contributed by atoms with E-state index in [9.17, 15) is 15.4 Å². The minimum absolute atomic E-state index is 0.132. The van der Waals surface area contributed by atoms with Crippen molar-refractivity contribution in [1.82, 2.24) is 0 Å². The number of hydrogen-bond donors (Lipinski definition) is 0. The van der Waals surface area contributed by atoms with Gasteiger partial charge in [-0.3, -0.25) is 10.1 Å². The van der Waals surface area contributed by atoms with Gasteiger partial charge in [0.2, 0.25) is 0 Å². The maximum absolute atomic E-state index is 11.9. The summed E-state index contributed by atoms with van der Waals surface area (Å²) in [7, 11) is 0. The highest BCUT2D eigenvalue weighted by atomic mass is 32.2. The number of rotatable bonds is 8. The molecule has 1 aliphatic heterocycles. The van der Waals surface area contributed by atoms with Crippen LogP contribution in [0.5, 0.6) is 0 Å². The van der Waals surface area contributed by atoms with Crippen molar-refractivity contribution in [2.75, 3.05) is 23.0 Å². The van der Waals surface area contributed by atoms with Gasteiger partial charge in [0.25, 0.3) is 5.69 Å². The van der Waals surface area contributed by atoms with Gasteiger partial charge in [-0.2, -0.15) is 17.0 Å². The molecule has 1 aliphatic rings. The van der Waals surface area contributed by atoms with E-state index < -0.39 is 5.41 Å². The maximum Gasteiger partial charge on any atom is 0.292 e. The third kappa shape index (κ3) is 4.76. The van der Waals surface area contributed by atoms with Crippen LogP contribution >= 0.6 is 11.8 Å². The number of nitro groups is 1. The van der Waals surface area contributed by atoms with Crippen LogP contribution in [0.15, 0.2) is 18.2 Å². The minimum Gasteiger partial charge on any atom is -0.363 e. The Balaban J connectivity index is 2.53. The molecule has 1 fully saturated rings. The summed E-state index contributed by atoms with van der Waals surface area (Å²) in [6.07, 6.45) is 3.41. The molecular weight excluding hydrogens is 358 g/mol. The smallest absolute Gasteiger partial charge is 0.292 e. The molecule has 2 rings (SSSR count). The molecule has 0 atom stereocenters. The molecule has 1 aromatic carbocycles. The number of hydrogen-bond acceptors (Lipinski definition) is 5. The molecule has 1 aromatic rings. The van der Waals surface area contributed by atoms with Gasteiger partial charge < -0.3 is 4.90 Å². The zero-order valence-electron chi connectivity index (χ0n) is 16.9. The fourth-order valence-electron chi connectivity index (χ4n) is 3.93. The van der Waals surface area contributed by atoms with Crippen LogP contribution in [-0.2, 0) is 5.41 Å². The first kappa shape index (κ1) is 21.6. The van der Waals surface area contributed by atoms with Crippen molar-refractivity contribution in [2.24, 2.45) is 5.92 Å². The Morgan fingerprint density at radius 3 is 2.44 bits per heavy atom. The summed E-state index contributed by atoms with van der Waals surface area (Å²) in [6.45, 7) is 9.05. The second kappa shape index (κ2) is 9.45. The molecule has 6 heteroatoms. The number of nitrogens with zero attached hydrogens (tertiary/aromatic N) is 3. The van der Waals surface area contributed by atoms with E-state index in [1.165, 1.54) is 0 Å². The molecule has 0 aromatic heterocycles. The van der Waals surface area contributed by atoms with E-state index in [1.807, 2.05) is 37.7 Å². The van der Waals surface area contributed by atoms with Crippen LogP contribution in [0, 0.1) is 27.4 Å². The highest BCUT2D eigenvalue weighted by molar-refractivity contribution is 7.99. The normalized spacial score (nSPS) is 15.6. The van der Waals surface area contributed by atoms with Crippen molar-refractivity contribution in [1.29, 1.82) is 5.26 Å². The van der Waals surface area contributed by atoms with Gasteiger partial charge in [-0.15, -0.1) is 0 Å². The van der Waals surface area contributed by atoms with Crippen LogP contribution < -0.4 is 4.90 Å². The lowest BCUT2D eigenvalue weighted by atomic mass is 9.77. The predicted octanol–water partition coefficient (Wildman–Crippen LogP) is 5.53. The predicted molar refractivity (Wildman–Crippen MR) is 114 cm³/mol. The molecule has 0 spiro atoms. The summed E-state index contributed by atoms with van der Waals surface area (Å²) in [5.41, 5.74) is 0.934. The van der Waals surface area contributed by atoms with E-state index in [4.69, 9.17) is 0 Å². The summed E-state index contributed by atoms with van der Waals surface area (Å²) in [4.78, 5) is 13.9. The van der Waals surface area contributed by atoms with Gasteiger partial charge in [0.15, 0.2) is 0 Å². The molecule has 148 valence electrons. The summed E-state index contributed by atoms with van der Waals surface area (Å²) < 4.78 is 0. The first-order valence-electron chi connectivity index (χ1n) is 9.93. The van der Waals surface area contributed by atoms with E-state index in [-0.39, 0.29) is 10.6 Å². The van der Waals surface area contributed by atoms with Crippen molar-refractivity contribution < 1.29 is 4.92 Å². The lowest BCUT2D eigenvalue weighted by molar-refractivity contribution is -0.384. The quantitative estimate of drug-likeness (QED) is 0.431. The second-order valence-electron chi connectivity index (χ2n) is 7.75. The molecule has 1 saturated heterocycles. The van der Waals surface area contributed by atoms with E-state index >= 15 is 0 Å². The third-order valence-electron chi connectivity index (χ3n) is 5.65. The Kier molecular flexibility index (Phi) is 7.55. The first-order valence-corrected chi connectivity index (χ1v) is 11.1. The molecule has 0 unspecified atom stereocenters. The van der Waals surface area contributed by atoms with Crippen LogP contribution in [0.3, 0.4) is 0 Å². The third-order valence-corrected chi connectivity index (χ3v) is 6.70. The zero-order chi connectivity index (χ0) is 20.0. The molecule has 0 bridgehead atoms. The van der Waals surface area contributed by atoms with Crippen molar-refractivity contribution in [3.05, 3.63) is 33.9 Å². The molecule has 0 aliphatic carbocycles. The first-order chi connectivity index (χ1) is 12.9. The van der Waals surface area contributed by atoms with Gasteiger partial charge in [-0.1, -0.05) is 33.8 Å². The Bertz CT molecular complexity index is 689. The Labute approximate surface area is 167 Å². The molecule has 0 N–H and O–H groups in total. The monoisotopic (exact) mass is 389 g/mol. The Morgan fingerprint density at radius 1 is 1.33 bits per heavy atom. The molecule has 5 nitrogen and oxygen atoms in total. The highest BCUT2D eigenvalue weighted by Gasteiger charge is 2.33. The van der Waals surface area contributed by atoms with Crippen LogP contribution in [0.1, 0.15) is 58.9 Å². The molecule has 0 saturated carbocycles. The van der Waals surface area contributed by atoms with Crippen LogP contribution in [0.25, 0.3) is 0 Å². The largest absolute Gasteiger partial charge is 0.363 e. The summed E-state index contributed by atoms with van der Waals surface area (Å²) in [5.74, 6) is 2.63. The lowest BCUT2D eigenvalue weighted by Gasteiger charge is -2.37. The average Bonchev–Trinajstić information content (AvgIpc) is 2.68. The zero-order valence-corrected chi connectivity index (χ0v) is 17.7. The summed E-state index contributed by atoms with van der Waals surface area (Å²) >= 11 is 1.96. The van der Waals surface area contributed by atoms with Gasteiger partial charge in [0.05, 0.1) is 16.4 Å². The number of thioether (sulfide) groups is 1. The van der Waals surface area contributed by atoms with Crippen molar-refractivity contribution >= 4 is 23.1 Å². The fraction of sp³-hybridized carbons (Fsp3) is 0.667. The van der Waals surface area contributed by atoms with E-state index in [0.717, 1.165) is 36.5 Å². The minimum atomic E-state index is -0.659. The van der Waals surface area contributed by atoms with Crippen LogP contribution in [-0.4, -0.2) is 29.0 Å². The molecule has 1 heterocycles. The molecular formula is C21H31N3O2S. The average molecular weight is 390 g/mol. The number of nitro benzene ring substituents is 1. The SMILES string of the molecule is CCC(C#N)(CC)c1ccc(N(CC(C)C)C2CCSCC2)c([N+](=O)[O-])c1. The van der Waals surface area contributed by atoms with Gasteiger partial charge >= 0.3 is 0 Å². The van der Waals surface area contributed by atoms with Gasteiger partial charge in [-0.05, 0) is 54.7 Å². The lowest BCUT2D eigenvalue weighted by Crippen LogP contribution is -2.40. The van der Waals surface area contributed by atoms with Crippen molar-refractivity contribution in [3.63, 3.8) is 0 Å². The fourth-order valence-corrected chi connectivity index (χ4v) is 5.01.